The Labute approximate surface area is 175 Å². The van der Waals surface area contributed by atoms with Gasteiger partial charge in [-0.1, -0.05) is 0 Å². The van der Waals surface area contributed by atoms with E-state index >= 15 is 0 Å². The Morgan fingerprint density at radius 1 is 1.07 bits per heavy atom. The van der Waals surface area contributed by atoms with Crippen molar-refractivity contribution in [1.82, 2.24) is 5.32 Å². The number of nitrogens with one attached hydrogen (secondary N) is 2. The van der Waals surface area contributed by atoms with Crippen molar-refractivity contribution in [3.8, 4) is 11.5 Å². The molecular formula is C20H23N3O6S. The van der Waals surface area contributed by atoms with E-state index in [4.69, 9.17) is 9.47 Å². The summed E-state index contributed by atoms with van der Waals surface area (Å²) in [5.74, 6) is -0.0568. The molecular weight excluding hydrogens is 410 g/mol. The fraction of sp³-hybridized carbons (Fsp3) is 0.300. The second-order valence-electron chi connectivity index (χ2n) is 6.58. The lowest BCUT2D eigenvalue weighted by Crippen LogP contribution is -2.24. The highest BCUT2D eigenvalue weighted by Crippen LogP contribution is 2.34. The van der Waals surface area contributed by atoms with Gasteiger partial charge < -0.3 is 19.7 Å². The molecule has 160 valence electrons. The highest BCUT2D eigenvalue weighted by molar-refractivity contribution is 7.92. The minimum absolute atomic E-state index is 0.0528. The smallest absolute Gasteiger partial charge is 0.265 e. The molecule has 1 heterocycles. The van der Waals surface area contributed by atoms with Crippen LogP contribution in [0.15, 0.2) is 41.3 Å². The van der Waals surface area contributed by atoms with Crippen LogP contribution in [0.4, 0.5) is 11.4 Å². The monoisotopic (exact) mass is 433 g/mol. The summed E-state index contributed by atoms with van der Waals surface area (Å²) in [7, 11) is 0.150. The summed E-state index contributed by atoms with van der Waals surface area (Å²) in [4.78, 5) is 25.3. The van der Waals surface area contributed by atoms with Gasteiger partial charge in [0, 0.05) is 31.3 Å². The molecule has 1 aliphatic heterocycles. The van der Waals surface area contributed by atoms with E-state index in [9.17, 15) is 18.0 Å². The number of benzene rings is 2. The first-order valence-corrected chi connectivity index (χ1v) is 10.7. The SMILES string of the molecule is CNC(=O)c1ccc(NS(=O)(=O)c2cc(N3CCCC3=O)ccc2OC)c(OC)c1. The minimum Gasteiger partial charge on any atom is -0.495 e. The van der Waals surface area contributed by atoms with Crippen molar-refractivity contribution in [2.75, 3.05) is 37.4 Å². The van der Waals surface area contributed by atoms with Gasteiger partial charge in [0.05, 0.1) is 19.9 Å². The lowest BCUT2D eigenvalue weighted by Gasteiger charge is -2.19. The Balaban J connectivity index is 1.99. The van der Waals surface area contributed by atoms with Gasteiger partial charge >= 0.3 is 0 Å². The molecule has 0 spiro atoms. The number of methoxy groups -OCH3 is 2. The molecule has 10 heteroatoms. The zero-order valence-corrected chi connectivity index (χ0v) is 17.7. The number of carbonyl (C=O) groups is 2. The number of hydrogen-bond donors (Lipinski definition) is 2. The summed E-state index contributed by atoms with van der Waals surface area (Å²) in [6.45, 7) is 0.535. The van der Waals surface area contributed by atoms with E-state index in [-0.39, 0.29) is 33.9 Å². The van der Waals surface area contributed by atoms with E-state index in [1.54, 1.807) is 11.0 Å². The van der Waals surface area contributed by atoms with E-state index in [0.29, 0.717) is 24.2 Å². The first-order valence-electron chi connectivity index (χ1n) is 9.22. The van der Waals surface area contributed by atoms with Crippen molar-refractivity contribution < 1.29 is 27.5 Å². The van der Waals surface area contributed by atoms with Crippen LogP contribution in [0.25, 0.3) is 0 Å². The normalized spacial score (nSPS) is 13.8. The first kappa shape index (κ1) is 21.4. The third-order valence-corrected chi connectivity index (χ3v) is 6.14. The zero-order chi connectivity index (χ0) is 21.9. The van der Waals surface area contributed by atoms with Crippen molar-refractivity contribution >= 4 is 33.2 Å². The maximum Gasteiger partial charge on any atom is 0.265 e. The molecule has 1 saturated heterocycles. The molecule has 2 amide bonds. The Bertz CT molecular complexity index is 1080. The van der Waals surface area contributed by atoms with Gasteiger partial charge in [-0.15, -0.1) is 0 Å². The molecule has 30 heavy (non-hydrogen) atoms. The summed E-state index contributed by atoms with van der Waals surface area (Å²) >= 11 is 0. The second-order valence-corrected chi connectivity index (χ2v) is 8.23. The van der Waals surface area contributed by atoms with Gasteiger partial charge in [-0.2, -0.15) is 0 Å². The summed E-state index contributed by atoms with van der Waals surface area (Å²) < 4.78 is 39.2. The molecule has 0 aliphatic carbocycles. The lowest BCUT2D eigenvalue weighted by atomic mass is 10.2. The molecule has 3 rings (SSSR count). The van der Waals surface area contributed by atoms with Crippen LogP contribution in [0.1, 0.15) is 23.2 Å². The Kier molecular flexibility index (Phi) is 6.16. The molecule has 0 bridgehead atoms. The van der Waals surface area contributed by atoms with Crippen molar-refractivity contribution in [2.45, 2.75) is 17.7 Å². The number of amides is 2. The number of ether oxygens (including phenoxy) is 2. The van der Waals surface area contributed by atoms with Crippen LogP contribution >= 0.6 is 0 Å². The minimum atomic E-state index is -4.09. The maximum atomic E-state index is 13.1. The van der Waals surface area contributed by atoms with Gasteiger partial charge in [0.25, 0.3) is 15.9 Å². The zero-order valence-electron chi connectivity index (χ0n) is 16.9. The van der Waals surface area contributed by atoms with Crippen LogP contribution in [-0.4, -0.2) is 48.0 Å². The number of rotatable bonds is 7. The van der Waals surface area contributed by atoms with E-state index in [2.05, 4.69) is 10.0 Å². The molecule has 1 aliphatic rings. The topological polar surface area (TPSA) is 114 Å². The molecule has 0 aromatic heterocycles. The first-order chi connectivity index (χ1) is 14.3. The molecule has 9 nitrogen and oxygen atoms in total. The largest absolute Gasteiger partial charge is 0.495 e. The van der Waals surface area contributed by atoms with Gasteiger partial charge in [-0.05, 0) is 42.8 Å². The molecule has 0 atom stereocenters. The average molecular weight is 433 g/mol. The van der Waals surface area contributed by atoms with Crippen LogP contribution < -0.4 is 24.4 Å². The Morgan fingerprint density at radius 2 is 1.80 bits per heavy atom. The van der Waals surface area contributed by atoms with E-state index in [0.717, 1.165) is 6.42 Å². The summed E-state index contributed by atoms with van der Waals surface area (Å²) in [5, 5.41) is 2.50. The Hall–Kier alpha value is -3.27. The molecule has 2 aromatic carbocycles. The quantitative estimate of drug-likeness (QED) is 0.690. The van der Waals surface area contributed by atoms with E-state index in [1.807, 2.05) is 0 Å². The van der Waals surface area contributed by atoms with Crippen molar-refractivity contribution in [3.05, 3.63) is 42.0 Å². The van der Waals surface area contributed by atoms with Crippen molar-refractivity contribution in [1.29, 1.82) is 0 Å². The van der Waals surface area contributed by atoms with E-state index < -0.39 is 10.0 Å². The highest BCUT2D eigenvalue weighted by Gasteiger charge is 2.27. The highest BCUT2D eigenvalue weighted by atomic mass is 32.2. The van der Waals surface area contributed by atoms with Crippen LogP contribution in [0.3, 0.4) is 0 Å². The molecule has 0 saturated carbocycles. The number of hydrogen-bond acceptors (Lipinski definition) is 6. The average Bonchev–Trinajstić information content (AvgIpc) is 3.18. The lowest BCUT2D eigenvalue weighted by molar-refractivity contribution is -0.117. The number of sulfonamides is 1. The van der Waals surface area contributed by atoms with Gasteiger partial charge in [0.1, 0.15) is 16.4 Å². The Morgan fingerprint density at radius 3 is 2.40 bits per heavy atom. The number of nitrogens with zero attached hydrogens (tertiary/aromatic N) is 1. The summed E-state index contributed by atoms with van der Waals surface area (Å²) in [6.07, 6.45) is 1.15. The van der Waals surface area contributed by atoms with E-state index in [1.165, 1.54) is 51.6 Å². The molecule has 0 unspecified atom stereocenters. The summed E-state index contributed by atoms with van der Waals surface area (Å²) in [6, 6.07) is 8.95. The van der Waals surface area contributed by atoms with Crippen LogP contribution in [-0.2, 0) is 14.8 Å². The molecule has 2 N–H and O–H groups in total. The maximum absolute atomic E-state index is 13.1. The summed E-state index contributed by atoms with van der Waals surface area (Å²) in [5.41, 5.74) is 0.972. The van der Waals surface area contributed by atoms with Gasteiger partial charge in [-0.25, -0.2) is 8.42 Å². The second kappa shape index (κ2) is 8.62. The fourth-order valence-electron chi connectivity index (χ4n) is 3.23. The fourth-order valence-corrected chi connectivity index (χ4v) is 4.49. The molecule has 1 fully saturated rings. The molecule has 2 aromatic rings. The van der Waals surface area contributed by atoms with Gasteiger partial charge in [0.2, 0.25) is 5.91 Å². The standard InChI is InChI=1S/C20H23N3O6S/c1-21-20(25)13-6-8-15(17(11-13)29-3)22-30(26,27)18-12-14(7-9-16(18)28-2)23-10-4-5-19(23)24/h6-9,11-12,22H,4-5,10H2,1-3H3,(H,21,25). The van der Waals surface area contributed by atoms with Crippen LogP contribution in [0.2, 0.25) is 0 Å². The predicted molar refractivity (Wildman–Crippen MR) is 112 cm³/mol. The third kappa shape index (κ3) is 4.18. The van der Waals surface area contributed by atoms with Crippen LogP contribution in [0, 0.1) is 0 Å². The van der Waals surface area contributed by atoms with Gasteiger partial charge in [-0.3, -0.25) is 14.3 Å². The van der Waals surface area contributed by atoms with Crippen molar-refractivity contribution in [3.63, 3.8) is 0 Å². The third-order valence-electron chi connectivity index (χ3n) is 4.76. The van der Waals surface area contributed by atoms with Gasteiger partial charge in [0.15, 0.2) is 0 Å². The number of anilines is 2. The van der Waals surface area contributed by atoms with Crippen molar-refractivity contribution in [2.24, 2.45) is 0 Å². The number of carbonyl (C=O) groups excluding carboxylic acids is 2. The predicted octanol–water partition coefficient (Wildman–Crippen LogP) is 1.99. The molecule has 0 radical (unpaired) electrons. The van der Waals surface area contributed by atoms with Crippen LogP contribution in [0.5, 0.6) is 11.5 Å².